The minimum absolute atomic E-state index is 0.128. The fraction of sp³-hybridized carbons (Fsp3) is 0.222. The Morgan fingerprint density at radius 2 is 2.18 bits per heavy atom. The maximum atomic E-state index is 13.1. The summed E-state index contributed by atoms with van der Waals surface area (Å²) in [5.41, 5.74) is 5.92. The highest BCUT2D eigenvalue weighted by Crippen LogP contribution is 2.24. The normalized spacial score (nSPS) is 11.2. The summed E-state index contributed by atoms with van der Waals surface area (Å²) in [4.78, 5) is -0.128. The number of nitrogens with two attached hydrogens (primary N) is 1. The van der Waals surface area contributed by atoms with Crippen LogP contribution < -0.4 is 10.5 Å². The van der Waals surface area contributed by atoms with Crippen molar-refractivity contribution in [3.8, 4) is 0 Å². The second-order valence-corrected chi connectivity index (χ2v) is 6.51. The molecule has 3 N–H and O–H groups in total. The molecule has 0 aliphatic heterocycles. The summed E-state index contributed by atoms with van der Waals surface area (Å²) in [6.45, 7) is 1.59. The second kappa shape index (κ2) is 5.28. The summed E-state index contributed by atoms with van der Waals surface area (Å²) >= 11 is 7.51. The van der Waals surface area contributed by atoms with Gasteiger partial charge in [-0.1, -0.05) is 12.2 Å². The van der Waals surface area contributed by atoms with E-state index in [0.717, 1.165) is 0 Å². The fourth-order valence-corrected chi connectivity index (χ4v) is 2.96. The van der Waals surface area contributed by atoms with E-state index in [-0.39, 0.29) is 15.1 Å². The predicted molar refractivity (Wildman–Crippen MR) is 73.0 cm³/mol. The van der Waals surface area contributed by atoms with E-state index in [0.29, 0.717) is 5.56 Å². The van der Waals surface area contributed by atoms with E-state index in [2.05, 4.69) is 32.9 Å². The third-order valence-corrected chi connectivity index (χ3v) is 4.02. The molecule has 0 fully saturated rings. The molecule has 1 aromatic rings. The van der Waals surface area contributed by atoms with Gasteiger partial charge in [-0.3, -0.25) is 4.72 Å². The van der Waals surface area contributed by atoms with Crippen molar-refractivity contribution in [2.24, 2.45) is 5.73 Å². The number of benzene rings is 1. The molecule has 1 aromatic carbocycles. The third kappa shape index (κ3) is 4.21. The summed E-state index contributed by atoms with van der Waals surface area (Å²) < 4.78 is 38.8. The average molecular weight is 341 g/mol. The molecule has 94 valence electrons. The van der Waals surface area contributed by atoms with Crippen molar-refractivity contribution >= 4 is 48.8 Å². The molecule has 0 atom stereocenters. The van der Waals surface area contributed by atoms with Gasteiger partial charge in [0.1, 0.15) is 11.6 Å². The van der Waals surface area contributed by atoms with Crippen LogP contribution in [0, 0.1) is 12.7 Å². The van der Waals surface area contributed by atoms with Crippen molar-refractivity contribution in [1.82, 2.24) is 0 Å². The molecule has 0 unspecified atom stereocenters. The monoisotopic (exact) mass is 340 g/mol. The predicted octanol–water partition coefficient (Wildman–Crippen LogP) is 1.92. The number of nitrogens with one attached hydrogen (secondary N) is 1. The molecular weight excluding hydrogens is 331 g/mol. The molecule has 1 rings (SSSR count). The molecule has 17 heavy (non-hydrogen) atoms. The van der Waals surface area contributed by atoms with Crippen LogP contribution in [0.2, 0.25) is 0 Å². The van der Waals surface area contributed by atoms with Crippen LogP contribution in [-0.4, -0.2) is 19.2 Å². The second-order valence-electron chi connectivity index (χ2n) is 3.41. The van der Waals surface area contributed by atoms with Gasteiger partial charge >= 0.3 is 0 Å². The highest BCUT2D eigenvalue weighted by Gasteiger charge is 2.14. The van der Waals surface area contributed by atoms with Gasteiger partial charge in [-0.2, -0.15) is 0 Å². The zero-order valence-electron chi connectivity index (χ0n) is 8.83. The number of hydrogen-bond donors (Lipinski definition) is 2. The van der Waals surface area contributed by atoms with E-state index in [4.69, 9.17) is 5.73 Å². The smallest absolute Gasteiger partial charge is 0.239 e. The van der Waals surface area contributed by atoms with E-state index in [9.17, 15) is 12.8 Å². The van der Waals surface area contributed by atoms with Gasteiger partial charge in [0, 0.05) is 0 Å². The van der Waals surface area contributed by atoms with Gasteiger partial charge in [-0.25, -0.2) is 12.8 Å². The number of hydrogen-bond acceptors (Lipinski definition) is 3. The van der Waals surface area contributed by atoms with Gasteiger partial charge in [-0.05, 0) is 40.5 Å². The zero-order valence-corrected chi connectivity index (χ0v) is 12.0. The highest BCUT2D eigenvalue weighted by atomic mass is 79.9. The Balaban J connectivity index is 3.04. The van der Waals surface area contributed by atoms with Gasteiger partial charge in [0.15, 0.2) is 0 Å². The highest BCUT2D eigenvalue weighted by molar-refractivity contribution is 9.10. The van der Waals surface area contributed by atoms with Crippen molar-refractivity contribution in [3.63, 3.8) is 0 Å². The number of halogens is 2. The summed E-state index contributed by atoms with van der Waals surface area (Å²) in [5, 5.41) is 0. The Kier molecular flexibility index (Phi) is 4.45. The van der Waals surface area contributed by atoms with Gasteiger partial charge in [0.2, 0.25) is 10.0 Å². The van der Waals surface area contributed by atoms with Crippen LogP contribution in [0.15, 0.2) is 16.6 Å². The first-order chi connectivity index (χ1) is 7.71. The molecule has 0 aromatic heterocycles. The first-order valence-corrected chi connectivity index (χ1v) is 7.31. The molecule has 0 amide bonds. The number of rotatable bonds is 4. The van der Waals surface area contributed by atoms with Crippen LogP contribution in [0.3, 0.4) is 0 Å². The van der Waals surface area contributed by atoms with Gasteiger partial charge < -0.3 is 5.73 Å². The molecule has 0 heterocycles. The van der Waals surface area contributed by atoms with Crippen LogP contribution >= 0.6 is 28.1 Å². The SMILES string of the molecule is Cc1cc(F)c(Br)cc1NS(=O)(=O)CC(N)=S. The topological polar surface area (TPSA) is 72.2 Å². The Labute approximate surface area is 113 Å². The lowest BCUT2D eigenvalue weighted by molar-refractivity contribution is 0.604. The zero-order chi connectivity index (χ0) is 13.2. The summed E-state index contributed by atoms with van der Waals surface area (Å²) in [6, 6.07) is 2.57. The van der Waals surface area contributed by atoms with Crippen molar-refractivity contribution in [3.05, 3.63) is 28.0 Å². The molecule has 0 saturated heterocycles. The van der Waals surface area contributed by atoms with Crippen LogP contribution in [0.5, 0.6) is 0 Å². The minimum atomic E-state index is -3.65. The van der Waals surface area contributed by atoms with Crippen molar-refractivity contribution in [2.45, 2.75) is 6.92 Å². The molecular formula is C9H10BrFN2O2S2. The largest absolute Gasteiger partial charge is 0.392 e. The van der Waals surface area contributed by atoms with E-state index in [1.165, 1.54) is 12.1 Å². The molecule has 0 aliphatic rings. The first kappa shape index (κ1) is 14.3. The number of anilines is 1. The quantitative estimate of drug-likeness (QED) is 0.821. The van der Waals surface area contributed by atoms with Crippen molar-refractivity contribution in [1.29, 1.82) is 0 Å². The minimum Gasteiger partial charge on any atom is -0.392 e. The van der Waals surface area contributed by atoms with E-state index >= 15 is 0 Å². The van der Waals surface area contributed by atoms with Crippen LogP contribution in [0.25, 0.3) is 0 Å². The molecule has 0 bridgehead atoms. The number of thiocarbonyl (C=S) groups is 1. The summed E-state index contributed by atoms with van der Waals surface area (Å²) in [7, 11) is -3.65. The number of sulfonamides is 1. The Hall–Kier alpha value is -0.730. The molecule has 4 nitrogen and oxygen atoms in total. The lowest BCUT2D eigenvalue weighted by Gasteiger charge is -2.10. The summed E-state index contributed by atoms with van der Waals surface area (Å²) in [5.74, 6) is -0.906. The first-order valence-electron chi connectivity index (χ1n) is 4.46. The van der Waals surface area contributed by atoms with E-state index in [1.54, 1.807) is 6.92 Å². The van der Waals surface area contributed by atoms with E-state index in [1.807, 2.05) is 0 Å². The molecule has 0 spiro atoms. The molecule has 0 saturated carbocycles. The van der Waals surface area contributed by atoms with Crippen LogP contribution in [-0.2, 0) is 10.0 Å². The molecule has 0 aliphatic carbocycles. The van der Waals surface area contributed by atoms with Crippen LogP contribution in [0.4, 0.5) is 10.1 Å². The standard InChI is InChI=1S/C9H10BrFN2O2S2/c1-5-2-7(11)6(10)3-8(5)13-17(14,15)4-9(12)16/h2-3,13H,4H2,1H3,(H2,12,16). The third-order valence-electron chi connectivity index (χ3n) is 1.87. The van der Waals surface area contributed by atoms with Gasteiger partial charge in [-0.15, -0.1) is 0 Å². The number of aryl methyl sites for hydroxylation is 1. The van der Waals surface area contributed by atoms with Gasteiger partial charge in [0.25, 0.3) is 0 Å². The Morgan fingerprint density at radius 1 is 1.59 bits per heavy atom. The molecule has 0 radical (unpaired) electrons. The lowest BCUT2D eigenvalue weighted by atomic mass is 10.2. The molecule has 8 heteroatoms. The van der Waals surface area contributed by atoms with Gasteiger partial charge in [0.05, 0.1) is 15.1 Å². The van der Waals surface area contributed by atoms with Crippen molar-refractivity contribution < 1.29 is 12.8 Å². The average Bonchev–Trinajstić information content (AvgIpc) is 2.11. The van der Waals surface area contributed by atoms with Crippen LogP contribution in [0.1, 0.15) is 5.56 Å². The fourth-order valence-electron chi connectivity index (χ4n) is 1.15. The summed E-state index contributed by atoms with van der Waals surface area (Å²) in [6.07, 6.45) is 0. The maximum Gasteiger partial charge on any atom is 0.239 e. The lowest BCUT2D eigenvalue weighted by Crippen LogP contribution is -2.26. The maximum absolute atomic E-state index is 13.1. The Morgan fingerprint density at radius 3 is 2.71 bits per heavy atom. The Bertz CT molecular complexity index is 560. The van der Waals surface area contributed by atoms with E-state index < -0.39 is 21.6 Å². The van der Waals surface area contributed by atoms with Crippen molar-refractivity contribution in [2.75, 3.05) is 10.5 Å².